The van der Waals surface area contributed by atoms with E-state index in [1.165, 1.54) is 31.4 Å². The molecule has 0 spiro atoms. The molecular formula is C23H18N4O4. The van der Waals surface area contributed by atoms with Gasteiger partial charge in [0.05, 0.1) is 23.8 Å². The molecule has 0 aliphatic carbocycles. The minimum atomic E-state index is -0.458. The number of nitro benzene ring substituents is 1. The molecule has 4 rings (SSSR count). The van der Waals surface area contributed by atoms with Gasteiger partial charge in [0.2, 0.25) is 0 Å². The zero-order valence-corrected chi connectivity index (χ0v) is 16.6. The summed E-state index contributed by atoms with van der Waals surface area (Å²) in [6.07, 6.45) is 1.65. The predicted octanol–water partition coefficient (Wildman–Crippen LogP) is 5.39. The van der Waals surface area contributed by atoms with E-state index < -0.39 is 4.92 Å². The number of nitrogens with zero attached hydrogens (tertiary/aromatic N) is 3. The number of para-hydroxylation sites is 1. The van der Waals surface area contributed by atoms with Gasteiger partial charge in [0.1, 0.15) is 11.6 Å². The third-order valence-corrected chi connectivity index (χ3v) is 4.45. The number of pyridine rings is 1. The number of anilines is 1. The first-order valence-electron chi connectivity index (χ1n) is 9.37. The number of rotatable bonds is 7. The maximum Gasteiger partial charge on any atom is 0.269 e. The summed E-state index contributed by atoms with van der Waals surface area (Å²) in [6.45, 7) is 0. The molecule has 0 amide bonds. The minimum Gasteiger partial charge on any atom is -0.493 e. The monoisotopic (exact) mass is 414 g/mol. The molecule has 0 unspecified atom stereocenters. The topological polar surface area (TPSA) is 98.9 Å². The first-order chi connectivity index (χ1) is 15.1. The first kappa shape index (κ1) is 19.8. The number of fused-ring (bicyclic) bond motifs is 1. The lowest BCUT2D eigenvalue weighted by atomic mass is 10.2. The van der Waals surface area contributed by atoms with Crippen LogP contribution in [0.3, 0.4) is 0 Å². The van der Waals surface area contributed by atoms with Gasteiger partial charge in [-0.2, -0.15) is 5.10 Å². The van der Waals surface area contributed by atoms with Crippen molar-refractivity contribution in [3.8, 4) is 17.2 Å². The van der Waals surface area contributed by atoms with Crippen LogP contribution in [-0.2, 0) is 0 Å². The van der Waals surface area contributed by atoms with Gasteiger partial charge in [0, 0.05) is 17.5 Å². The van der Waals surface area contributed by atoms with Crippen molar-refractivity contribution < 1.29 is 14.4 Å². The lowest BCUT2D eigenvalue weighted by molar-refractivity contribution is -0.384. The maximum atomic E-state index is 10.8. The van der Waals surface area contributed by atoms with E-state index >= 15 is 0 Å². The summed E-state index contributed by atoms with van der Waals surface area (Å²) >= 11 is 0. The van der Waals surface area contributed by atoms with Gasteiger partial charge in [-0.3, -0.25) is 15.5 Å². The quantitative estimate of drug-likeness (QED) is 0.247. The highest BCUT2D eigenvalue weighted by Gasteiger charge is 2.09. The zero-order valence-electron chi connectivity index (χ0n) is 16.6. The third-order valence-electron chi connectivity index (χ3n) is 4.45. The number of hydrazone groups is 1. The van der Waals surface area contributed by atoms with Crippen LogP contribution in [0.2, 0.25) is 0 Å². The number of methoxy groups -OCH3 is 1. The van der Waals surface area contributed by atoms with Crippen molar-refractivity contribution in [2.75, 3.05) is 12.5 Å². The van der Waals surface area contributed by atoms with E-state index in [4.69, 9.17) is 9.47 Å². The Morgan fingerprint density at radius 2 is 1.81 bits per heavy atom. The number of hydrogen-bond donors (Lipinski definition) is 1. The van der Waals surface area contributed by atoms with Crippen molar-refractivity contribution in [2.45, 2.75) is 0 Å². The molecule has 0 atom stereocenters. The second kappa shape index (κ2) is 8.91. The third kappa shape index (κ3) is 4.76. The number of benzene rings is 3. The van der Waals surface area contributed by atoms with Gasteiger partial charge in [-0.05, 0) is 54.1 Å². The molecule has 154 valence electrons. The van der Waals surface area contributed by atoms with Crippen molar-refractivity contribution in [1.29, 1.82) is 0 Å². The molecule has 0 saturated heterocycles. The largest absolute Gasteiger partial charge is 0.493 e. The smallest absolute Gasteiger partial charge is 0.269 e. The maximum absolute atomic E-state index is 10.8. The molecule has 1 aromatic heterocycles. The fourth-order valence-electron chi connectivity index (χ4n) is 2.91. The van der Waals surface area contributed by atoms with Gasteiger partial charge < -0.3 is 9.47 Å². The van der Waals surface area contributed by atoms with Crippen molar-refractivity contribution in [3.63, 3.8) is 0 Å². The van der Waals surface area contributed by atoms with Crippen LogP contribution < -0.4 is 14.9 Å². The van der Waals surface area contributed by atoms with Crippen molar-refractivity contribution in [1.82, 2.24) is 4.98 Å². The fourth-order valence-corrected chi connectivity index (χ4v) is 2.91. The van der Waals surface area contributed by atoms with Crippen LogP contribution in [0.5, 0.6) is 17.2 Å². The van der Waals surface area contributed by atoms with Gasteiger partial charge in [0.15, 0.2) is 11.5 Å². The Balaban J connectivity index is 1.45. The standard InChI is InChI=1S/C23H18N4O4/c1-30-22-14-16(6-12-21(22)31-19-10-8-18(9-11-19)27(28)29)15-24-26-23-13-7-17-4-2-3-5-20(17)25-23/h2-15H,1H3,(H,25,26)/b24-15+. The number of hydrogen-bond acceptors (Lipinski definition) is 7. The lowest BCUT2D eigenvalue weighted by Crippen LogP contribution is -1.95. The molecule has 0 radical (unpaired) electrons. The second-order valence-corrected chi connectivity index (χ2v) is 6.52. The van der Waals surface area contributed by atoms with Crippen LogP contribution in [0.15, 0.2) is 84.0 Å². The Bertz CT molecular complexity index is 1260. The van der Waals surface area contributed by atoms with Crippen LogP contribution in [-0.4, -0.2) is 23.2 Å². The molecule has 8 heteroatoms. The van der Waals surface area contributed by atoms with Gasteiger partial charge >= 0.3 is 0 Å². The summed E-state index contributed by atoms with van der Waals surface area (Å²) in [5, 5.41) is 16.1. The van der Waals surface area contributed by atoms with E-state index in [0.29, 0.717) is 23.1 Å². The number of nitrogens with one attached hydrogen (secondary N) is 1. The molecule has 0 bridgehead atoms. The molecule has 0 saturated carbocycles. The molecule has 8 nitrogen and oxygen atoms in total. The van der Waals surface area contributed by atoms with E-state index in [1.807, 2.05) is 42.5 Å². The molecular weight excluding hydrogens is 396 g/mol. The van der Waals surface area contributed by atoms with Gasteiger partial charge in [-0.15, -0.1) is 0 Å². The number of aromatic nitrogens is 1. The highest BCUT2D eigenvalue weighted by molar-refractivity contribution is 5.82. The molecule has 3 aromatic carbocycles. The molecule has 0 aliphatic heterocycles. The number of non-ortho nitro benzene ring substituents is 1. The lowest BCUT2D eigenvalue weighted by Gasteiger charge is -2.11. The molecule has 4 aromatic rings. The van der Waals surface area contributed by atoms with E-state index in [-0.39, 0.29) is 5.69 Å². The molecule has 0 fully saturated rings. The Hall–Kier alpha value is -4.46. The Morgan fingerprint density at radius 3 is 2.58 bits per heavy atom. The van der Waals surface area contributed by atoms with Crippen molar-refractivity contribution >= 4 is 28.6 Å². The molecule has 0 aliphatic rings. The van der Waals surface area contributed by atoms with Crippen LogP contribution in [0, 0.1) is 10.1 Å². The van der Waals surface area contributed by atoms with Crippen LogP contribution in [0.25, 0.3) is 10.9 Å². The SMILES string of the molecule is COc1cc(/C=N/Nc2ccc3ccccc3n2)ccc1Oc1ccc([N+](=O)[O-])cc1. The summed E-state index contributed by atoms with van der Waals surface area (Å²) in [4.78, 5) is 14.8. The van der Waals surface area contributed by atoms with Gasteiger partial charge in [-0.1, -0.05) is 18.2 Å². The first-order valence-corrected chi connectivity index (χ1v) is 9.37. The number of ether oxygens (including phenoxy) is 2. The van der Waals surface area contributed by atoms with Gasteiger partial charge in [-0.25, -0.2) is 4.98 Å². The second-order valence-electron chi connectivity index (χ2n) is 6.52. The molecule has 31 heavy (non-hydrogen) atoms. The molecule has 1 N–H and O–H groups in total. The summed E-state index contributed by atoms with van der Waals surface area (Å²) in [5.74, 6) is 2.10. The van der Waals surface area contributed by atoms with Crippen molar-refractivity contribution in [2.24, 2.45) is 5.10 Å². The highest BCUT2D eigenvalue weighted by atomic mass is 16.6. The summed E-state index contributed by atoms with van der Waals surface area (Å²) in [7, 11) is 1.54. The minimum absolute atomic E-state index is 0.000669. The van der Waals surface area contributed by atoms with Crippen LogP contribution >= 0.6 is 0 Å². The van der Waals surface area contributed by atoms with E-state index in [9.17, 15) is 10.1 Å². The summed E-state index contributed by atoms with van der Waals surface area (Å²) in [6, 6.07) is 22.9. The Kier molecular flexibility index (Phi) is 5.70. The van der Waals surface area contributed by atoms with Gasteiger partial charge in [0.25, 0.3) is 5.69 Å². The van der Waals surface area contributed by atoms with E-state index in [2.05, 4.69) is 15.5 Å². The predicted molar refractivity (Wildman–Crippen MR) is 119 cm³/mol. The Morgan fingerprint density at radius 1 is 1.00 bits per heavy atom. The van der Waals surface area contributed by atoms with Crippen LogP contribution in [0.4, 0.5) is 11.5 Å². The Labute approximate surface area is 177 Å². The highest BCUT2D eigenvalue weighted by Crippen LogP contribution is 2.32. The van der Waals surface area contributed by atoms with E-state index in [0.717, 1.165) is 16.5 Å². The summed E-state index contributed by atoms with van der Waals surface area (Å²) in [5.41, 5.74) is 4.60. The average molecular weight is 414 g/mol. The van der Waals surface area contributed by atoms with Crippen LogP contribution in [0.1, 0.15) is 5.56 Å². The zero-order chi connectivity index (χ0) is 21.6. The van der Waals surface area contributed by atoms with Crippen molar-refractivity contribution in [3.05, 3.63) is 94.5 Å². The van der Waals surface area contributed by atoms with E-state index in [1.54, 1.807) is 18.3 Å². The summed E-state index contributed by atoms with van der Waals surface area (Å²) < 4.78 is 11.2. The molecule has 1 heterocycles. The average Bonchev–Trinajstić information content (AvgIpc) is 2.80. The number of nitro groups is 1. The normalized spacial score (nSPS) is 10.9. The fraction of sp³-hybridized carbons (Fsp3) is 0.0435.